The van der Waals surface area contributed by atoms with Gasteiger partial charge in [0.25, 0.3) is 0 Å². The molecule has 2 unspecified atom stereocenters. The molecule has 1 fully saturated rings. The van der Waals surface area contributed by atoms with Gasteiger partial charge in [0, 0.05) is 18.8 Å². The molecule has 1 aliphatic rings. The van der Waals surface area contributed by atoms with Crippen molar-refractivity contribution >= 4 is 9.84 Å². The smallest absolute Gasteiger partial charge is 0.151 e. The summed E-state index contributed by atoms with van der Waals surface area (Å²) in [5.41, 5.74) is 2.55. The largest absolute Gasteiger partial charge is 0.309 e. The van der Waals surface area contributed by atoms with Gasteiger partial charge in [-0.1, -0.05) is 44.5 Å². The van der Waals surface area contributed by atoms with Gasteiger partial charge in [-0.3, -0.25) is 0 Å². The van der Waals surface area contributed by atoms with E-state index in [4.69, 9.17) is 0 Å². The Bertz CT molecular complexity index is 534. The summed E-state index contributed by atoms with van der Waals surface area (Å²) in [6.07, 6.45) is 4.11. The van der Waals surface area contributed by atoms with E-state index in [-0.39, 0.29) is 11.3 Å². The second kappa shape index (κ2) is 6.27. The molecular formula is C16H25NO2S. The molecule has 0 saturated heterocycles. The van der Waals surface area contributed by atoms with Crippen LogP contribution >= 0.6 is 0 Å². The van der Waals surface area contributed by atoms with Crippen molar-refractivity contribution in [3.63, 3.8) is 0 Å². The Balaban J connectivity index is 1.95. The van der Waals surface area contributed by atoms with Gasteiger partial charge in [0.15, 0.2) is 9.84 Å². The lowest BCUT2D eigenvalue weighted by atomic mass is 10.0. The Hall–Kier alpha value is -0.870. The Kier molecular flexibility index (Phi) is 4.86. The van der Waals surface area contributed by atoms with Gasteiger partial charge in [-0.2, -0.15) is 0 Å². The molecule has 4 heteroatoms. The monoisotopic (exact) mass is 295 g/mol. The number of rotatable bonds is 5. The van der Waals surface area contributed by atoms with Crippen LogP contribution in [0.5, 0.6) is 0 Å². The number of nitrogens with one attached hydrogen (secondary N) is 1. The topological polar surface area (TPSA) is 46.2 Å². The van der Waals surface area contributed by atoms with Crippen LogP contribution in [-0.2, 0) is 16.4 Å². The first kappa shape index (κ1) is 15.5. The fraction of sp³-hybridized carbons (Fsp3) is 0.625. The molecule has 2 rings (SSSR count). The minimum Gasteiger partial charge on any atom is -0.309 e. The molecule has 112 valence electrons. The molecule has 1 aromatic carbocycles. The molecule has 0 amide bonds. The molecule has 3 nitrogen and oxygen atoms in total. The van der Waals surface area contributed by atoms with Gasteiger partial charge < -0.3 is 5.32 Å². The molecule has 20 heavy (non-hydrogen) atoms. The second-order valence-electron chi connectivity index (χ2n) is 6.18. The predicted octanol–water partition coefficient (Wildman–Crippen LogP) is 2.87. The second-order valence-corrected chi connectivity index (χ2v) is 8.45. The zero-order valence-corrected chi connectivity index (χ0v) is 13.4. The lowest BCUT2D eigenvalue weighted by molar-refractivity contribution is 0.507. The van der Waals surface area contributed by atoms with Crippen LogP contribution in [0.15, 0.2) is 24.3 Å². The fourth-order valence-electron chi connectivity index (χ4n) is 2.94. The van der Waals surface area contributed by atoms with E-state index in [0.717, 1.165) is 25.8 Å². The Morgan fingerprint density at radius 3 is 2.40 bits per heavy atom. The molecular weight excluding hydrogens is 270 g/mol. The SMILES string of the molecule is CC(C)c1ccc(CNC2CCCC2S(C)(=O)=O)cc1. The summed E-state index contributed by atoms with van der Waals surface area (Å²) in [4.78, 5) is 0. The van der Waals surface area contributed by atoms with Gasteiger partial charge >= 0.3 is 0 Å². The van der Waals surface area contributed by atoms with E-state index in [1.54, 1.807) is 0 Å². The van der Waals surface area contributed by atoms with Gasteiger partial charge in [-0.25, -0.2) is 8.42 Å². The highest BCUT2D eigenvalue weighted by Crippen LogP contribution is 2.25. The number of hydrogen-bond donors (Lipinski definition) is 1. The third-order valence-corrected chi connectivity index (χ3v) is 5.88. The molecule has 1 aliphatic carbocycles. The highest BCUT2D eigenvalue weighted by Gasteiger charge is 2.34. The molecule has 1 saturated carbocycles. The highest BCUT2D eigenvalue weighted by atomic mass is 32.2. The Morgan fingerprint density at radius 1 is 1.20 bits per heavy atom. The molecule has 0 aliphatic heterocycles. The van der Waals surface area contributed by atoms with Crippen LogP contribution in [0, 0.1) is 0 Å². The van der Waals surface area contributed by atoms with Crippen molar-refractivity contribution in [2.75, 3.05) is 6.26 Å². The fourth-order valence-corrected chi connectivity index (χ4v) is 4.37. The summed E-state index contributed by atoms with van der Waals surface area (Å²) >= 11 is 0. The van der Waals surface area contributed by atoms with E-state index in [1.165, 1.54) is 17.4 Å². The van der Waals surface area contributed by atoms with E-state index >= 15 is 0 Å². The normalized spacial score (nSPS) is 23.4. The molecule has 1 N–H and O–H groups in total. The minimum atomic E-state index is -2.94. The summed E-state index contributed by atoms with van der Waals surface area (Å²) in [5, 5.41) is 3.21. The number of hydrogen-bond acceptors (Lipinski definition) is 3. The quantitative estimate of drug-likeness (QED) is 0.908. The van der Waals surface area contributed by atoms with E-state index in [9.17, 15) is 8.42 Å². The third kappa shape index (κ3) is 3.83. The predicted molar refractivity (Wildman–Crippen MR) is 83.6 cm³/mol. The van der Waals surface area contributed by atoms with E-state index in [2.05, 4.69) is 43.4 Å². The minimum absolute atomic E-state index is 0.106. The standard InChI is InChI=1S/C16H25NO2S/c1-12(2)14-9-7-13(8-10-14)11-17-15-5-4-6-16(15)20(3,18)19/h7-10,12,15-17H,4-6,11H2,1-3H3. The lowest BCUT2D eigenvalue weighted by Crippen LogP contribution is -2.39. The molecule has 2 atom stereocenters. The lowest BCUT2D eigenvalue weighted by Gasteiger charge is -2.19. The Morgan fingerprint density at radius 2 is 1.85 bits per heavy atom. The van der Waals surface area contributed by atoms with Crippen LogP contribution in [0.4, 0.5) is 0 Å². The molecule has 0 radical (unpaired) electrons. The van der Waals surface area contributed by atoms with Crippen LogP contribution in [0.2, 0.25) is 0 Å². The van der Waals surface area contributed by atoms with Gasteiger partial charge in [0.1, 0.15) is 0 Å². The maximum Gasteiger partial charge on any atom is 0.151 e. The van der Waals surface area contributed by atoms with Crippen molar-refractivity contribution in [1.82, 2.24) is 5.32 Å². The van der Waals surface area contributed by atoms with Crippen molar-refractivity contribution in [3.05, 3.63) is 35.4 Å². The van der Waals surface area contributed by atoms with Crippen LogP contribution in [-0.4, -0.2) is 26.0 Å². The van der Waals surface area contributed by atoms with E-state index in [1.807, 2.05) is 0 Å². The number of benzene rings is 1. The summed E-state index contributed by atoms with van der Waals surface area (Å²) in [5.74, 6) is 0.543. The van der Waals surface area contributed by atoms with Gasteiger partial charge in [-0.15, -0.1) is 0 Å². The molecule has 0 aromatic heterocycles. The number of sulfone groups is 1. The zero-order chi connectivity index (χ0) is 14.8. The maximum atomic E-state index is 11.7. The van der Waals surface area contributed by atoms with Crippen molar-refractivity contribution in [3.8, 4) is 0 Å². The molecule has 0 bridgehead atoms. The average molecular weight is 295 g/mol. The van der Waals surface area contributed by atoms with E-state index < -0.39 is 9.84 Å². The Labute approximate surface area is 122 Å². The van der Waals surface area contributed by atoms with Crippen LogP contribution in [0.3, 0.4) is 0 Å². The summed E-state index contributed by atoms with van der Waals surface area (Å²) in [6.45, 7) is 5.11. The highest BCUT2D eigenvalue weighted by molar-refractivity contribution is 7.91. The maximum absolute atomic E-state index is 11.7. The van der Waals surface area contributed by atoms with Crippen LogP contribution in [0.1, 0.15) is 50.2 Å². The first-order chi connectivity index (χ1) is 9.38. The summed E-state index contributed by atoms with van der Waals surface area (Å²) in [6, 6.07) is 8.68. The molecule has 1 aromatic rings. The first-order valence-corrected chi connectivity index (χ1v) is 9.34. The average Bonchev–Trinajstić information content (AvgIpc) is 2.85. The molecule has 0 heterocycles. The first-order valence-electron chi connectivity index (χ1n) is 7.39. The van der Waals surface area contributed by atoms with Gasteiger partial charge in [-0.05, 0) is 29.9 Å². The van der Waals surface area contributed by atoms with Crippen molar-refractivity contribution in [1.29, 1.82) is 0 Å². The van der Waals surface area contributed by atoms with Crippen molar-refractivity contribution < 1.29 is 8.42 Å². The third-order valence-electron chi connectivity index (χ3n) is 4.22. The molecule has 0 spiro atoms. The zero-order valence-electron chi connectivity index (χ0n) is 12.6. The van der Waals surface area contributed by atoms with Crippen LogP contribution < -0.4 is 5.32 Å². The van der Waals surface area contributed by atoms with Crippen molar-refractivity contribution in [2.24, 2.45) is 0 Å². The van der Waals surface area contributed by atoms with E-state index in [0.29, 0.717) is 5.92 Å². The van der Waals surface area contributed by atoms with Crippen LogP contribution in [0.25, 0.3) is 0 Å². The van der Waals surface area contributed by atoms with Crippen molar-refractivity contribution in [2.45, 2.75) is 56.9 Å². The summed E-state index contributed by atoms with van der Waals surface area (Å²) in [7, 11) is -2.94. The van der Waals surface area contributed by atoms with Gasteiger partial charge in [0.05, 0.1) is 5.25 Å². The summed E-state index contributed by atoms with van der Waals surface area (Å²) < 4.78 is 23.5. The van der Waals surface area contributed by atoms with Gasteiger partial charge in [0.2, 0.25) is 0 Å².